The van der Waals surface area contributed by atoms with Gasteiger partial charge in [0.2, 0.25) is 11.8 Å². The molecule has 1 aliphatic heterocycles. The number of benzene rings is 1. The zero-order chi connectivity index (χ0) is 20.9. The highest BCUT2D eigenvalue weighted by Crippen LogP contribution is 2.31. The van der Waals surface area contributed by atoms with Gasteiger partial charge in [-0.2, -0.15) is 0 Å². The Morgan fingerprint density at radius 2 is 2.00 bits per heavy atom. The standard InChI is InChI=1S/C23H30N4O2S/c1-2-3-5-16-8-10-18(11-9-16)24-21(28)15-27-13-12-19-20(14-27)30-23(25-19)26-22(29)17-6-4-7-17/h8-11,17H,2-7,12-15H2,1H3,(H,24,28)(H,25,26,29). The Balaban J connectivity index is 1.27. The first-order chi connectivity index (χ1) is 14.6. The first-order valence-electron chi connectivity index (χ1n) is 11.0. The summed E-state index contributed by atoms with van der Waals surface area (Å²) < 4.78 is 0. The summed E-state index contributed by atoms with van der Waals surface area (Å²) >= 11 is 1.54. The Hall–Kier alpha value is -2.25. The molecule has 7 heteroatoms. The molecule has 2 aromatic rings. The molecule has 1 aromatic heterocycles. The lowest BCUT2D eigenvalue weighted by atomic mass is 9.85. The van der Waals surface area contributed by atoms with Gasteiger partial charge in [0.1, 0.15) is 0 Å². The molecule has 6 nitrogen and oxygen atoms in total. The van der Waals surface area contributed by atoms with Crippen molar-refractivity contribution >= 4 is 34.0 Å². The fourth-order valence-corrected chi connectivity index (χ4v) is 4.91. The number of hydrogen-bond acceptors (Lipinski definition) is 5. The lowest BCUT2D eigenvalue weighted by molar-refractivity contribution is -0.122. The molecule has 0 radical (unpaired) electrons. The molecule has 4 rings (SSSR count). The third-order valence-corrected chi connectivity index (χ3v) is 6.94. The molecule has 0 saturated heterocycles. The average Bonchev–Trinajstić information content (AvgIpc) is 3.07. The van der Waals surface area contributed by atoms with E-state index in [-0.39, 0.29) is 17.7 Å². The van der Waals surface area contributed by atoms with Crippen LogP contribution in [-0.4, -0.2) is 34.8 Å². The zero-order valence-corrected chi connectivity index (χ0v) is 18.4. The van der Waals surface area contributed by atoms with Crippen molar-refractivity contribution in [2.75, 3.05) is 23.7 Å². The van der Waals surface area contributed by atoms with Crippen molar-refractivity contribution in [3.05, 3.63) is 40.4 Å². The SMILES string of the molecule is CCCCc1ccc(NC(=O)CN2CCc3nc(NC(=O)C4CCC4)sc3C2)cc1. The van der Waals surface area contributed by atoms with Crippen LogP contribution in [0.4, 0.5) is 10.8 Å². The van der Waals surface area contributed by atoms with Crippen molar-refractivity contribution in [2.24, 2.45) is 5.92 Å². The highest BCUT2D eigenvalue weighted by Gasteiger charge is 2.27. The van der Waals surface area contributed by atoms with Gasteiger partial charge in [0.25, 0.3) is 0 Å². The van der Waals surface area contributed by atoms with Gasteiger partial charge in [-0.25, -0.2) is 4.98 Å². The van der Waals surface area contributed by atoms with Crippen LogP contribution in [0.2, 0.25) is 0 Å². The van der Waals surface area contributed by atoms with Crippen LogP contribution >= 0.6 is 11.3 Å². The lowest BCUT2D eigenvalue weighted by Gasteiger charge is -2.25. The molecule has 2 N–H and O–H groups in total. The van der Waals surface area contributed by atoms with E-state index in [1.54, 1.807) is 11.3 Å². The highest BCUT2D eigenvalue weighted by atomic mass is 32.1. The van der Waals surface area contributed by atoms with Crippen molar-refractivity contribution in [1.82, 2.24) is 9.88 Å². The molecule has 30 heavy (non-hydrogen) atoms. The quantitative estimate of drug-likeness (QED) is 0.663. The summed E-state index contributed by atoms with van der Waals surface area (Å²) in [6, 6.07) is 8.15. The Bertz CT molecular complexity index is 889. The van der Waals surface area contributed by atoms with Crippen LogP contribution in [0.25, 0.3) is 0 Å². The molecule has 1 fully saturated rings. The van der Waals surface area contributed by atoms with E-state index in [0.717, 1.165) is 54.9 Å². The van der Waals surface area contributed by atoms with Crippen molar-refractivity contribution < 1.29 is 9.59 Å². The van der Waals surface area contributed by atoms with Crippen LogP contribution in [-0.2, 0) is 29.0 Å². The number of anilines is 2. The second kappa shape index (κ2) is 9.71. The first kappa shape index (κ1) is 21.0. The van der Waals surface area contributed by atoms with Crippen LogP contribution in [0.5, 0.6) is 0 Å². The average molecular weight is 427 g/mol. The molecular weight excluding hydrogens is 396 g/mol. The van der Waals surface area contributed by atoms with E-state index in [9.17, 15) is 9.59 Å². The second-order valence-electron chi connectivity index (χ2n) is 8.32. The summed E-state index contributed by atoms with van der Waals surface area (Å²) in [5.41, 5.74) is 3.21. The van der Waals surface area contributed by atoms with E-state index in [4.69, 9.17) is 0 Å². The maximum atomic E-state index is 12.5. The van der Waals surface area contributed by atoms with Gasteiger partial charge in [0.15, 0.2) is 5.13 Å². The minimum absolute atomic E-state index is 0.00258. The Morgan fingerprint density at radius 3 is 2.70 bits per heavy atom. The second-order valence-corrected chi connectivity index (χ2v) is 9.40. The zero-order valence-electron chi connectivity index (χ0n) is 17.6. The summed E-state index contributed by atoms with van der Waals surface area (Å²) in [5.74, 6) is 0.263. The van der Waals surface area contributed by atoms with Gasteiger partial charge in [-0.05, 0) is 43.4 Å². The van der Waals surface area contributed by atoms with Crippen LogP contribution in [0.3, 0.4) is 0 Å². The largest absolute Gasteiger partial charge is 0.325 e. The first-order valence-corrected chi connectivity index (χ1v) is 11.8. The van der Waals surface area contributed by atoms with Crippen LogP contribution in [0, 0.1) is 5.92 Å². The smallest absolute Gasteiger partial charge is 0.238 e. The fourth-order valence-electron chi connectivity index (χ4n) is 3.85. The molecule has 2 aliphatic rings. The normalized spacial score (nSPS) is 16.6. The minimum Gasteiger partial charge on any atom is -0.325 e. The summed E-state index contributed by atoms with van der Waals surface area (Å²) in [6.45, 7) is 4.06. The van der Waals surface area contributed by atoms with Gasteiger partial charge in [0, 0.05) is 36.0 Å². The number of rotatable bonds is 8. The molecule has 2 amide bonds. The molecule has 1 aliphatic carbocycles. The molecule has 0 bridgehead atoms. The minimum atomic E-state index is 0.00258. The summed E-state index contributed by atoms with van der Waals surface area (Å²) in [4.78, 5) is 32.5. The maximum absolute atomic E-state index is 12.5. The van der Waals surface area contributed by atoms with E-state index < -0.39 is 0 Å². The molecule has 0 spiro atoms. The number of unbranched alkanes of at least 4 members (excludes halogenated alkanes) is 1. The molecule has 1 saturated carbocycles. The number of fused-ring (bicyclic) bond motifs is 1. The van der Waals surface area contributed by atoms with Gasteiger partial charge >= 0.3 is 0 Å². The lowest BCUT2D eigenvalue weighted by Crippen LogP contribution is -2.36. The molecular formula is C23H30N4O2S. The number of nitrogens with one attached hydrogen (secondary N) is 2. The van der Waals surface area contributed by atoms with Gasteiger partial charge in [0.05, 0.1) is 12.2 Å². The van der Waals surface area contributed by atoms with Crippen molar-refractivity contribution in [1.29, 1.82) is 0 Å². The number of carbonyl (C=O) groups excluding carboxylic acids is 2. The molecule has 0 unspecified atom stereocenters. The van der Waals surface area contributed by atoms with Crippen LogP contribution < -0.4 is 10.6 Å². The van der Waals surface area contributed by atoms with Gasteiger partial charge < -0.3 is 10.6 Å². The van der Waals surface area contributed by atoms with Gasteiger partial charge in [-0.1, -0.05) is 31.9 Å². The van der Waals surface area contributed by atoms with E-state index in [1.807, 2.05) is 12.1 Å². The van der Waals surface area contributed by atoms with Crippen molar-refractivity contribution in [2.45, 2.75) is 58.4 Å². The summed E-state index contributed by atoms with van der Waals surface area (Å²) in [5, 5.41) is 6.68. The molecule has 160 valence electrons. The Morgan fingerprint density at radius 1 is 1.20 bits per heavy atom. The van der Waals surface area contributed by atoms with E-state index in [2.05, 4.69) is 39.6 Å². The summed E-state index contributed by atoms with van der Waals surface area (Å²) in [6.07, 6.45) is 7.38. The van der Waals surface area contributed by atoms with Crippen molar-refractivity contribution in [3.63, 3.8) is 0 Å². The van der Waals surface area contributed by atoms with E-state index in [0.29, 0.717) is 18.2 Å². The number of hydrogen-bond donors (Lipinski definition) is 2. The Labute approximate surface area is 182 Å². The molecule has 2 heterocycles. The number of aromatic nitrogens is 1. The number of nitrogens with zero attached hydrogens (tertiary/aromatic N) is 2. The van der Waals surface area contributed by atoms with Crippen LogP contribution in [0.15, 0.2) is 24.3 Å². The van der Waals surface area contributed by atoms with Gasteiger partial charge in [-0.3, -0.25) is 14.5 Å². The third-order valence-electron chi connectivity index (χ3n) is 5.94. The van der Waals surface area contributed by atoms with Crippen molar-refractivity contribution in [3.8, 4) is 0 Å². The maximum Gasteiger partial charge on any atom is 0.238 e. The summed E-state index contributed by atoms with van der Waals surface area (Å²) in [7, 11) is 0. The number of aryl methyl sites for hydroxylation is 1. The van der Waals surface area contributed by atoms with Gasteiger partial charge in [-0.15, -0.1) is 11.3 Å². The number of carbonyl (C=O) groups is 2. The van der Waals surface area contributed by atoms with E-state index in [1.165, 1.54) is 18.4 Å². The fraction of sp³-hybridized carbons (Fsp3) is 0.522. The predicted molar refractivity (Wildman–Crippen MR) is 121 cm³/mol. The molecule has 0 atom stereocenters. The van der Waals surface area contributed by atoms with Crippen LogP contribution in [0.1, 0.15) is 55.2 Å². The highest BCUT2D eigenvalue weighted by molar-refractivity contribution is 7.15. The molecule has 1 aromatic carbocycles. The van der Waals surface area contributed by atoms with E-state index >= 15 is 0 Å². The monoisotopic (exact) mass is 426 g/mol. The number of thiazole rings is 1. The Kier molecular flexibility index (Phi) is 6.79. The third kappa shape index (κ3) is 5.26. The predicted octanol–water partition coefficient (Wildman–Crippen LogP) is 4.22. The number of amides is 2. The topological polar surface area (TPSA) is 74.3 Å².